The van der Waals surface area contributed by atoms with Gasteiger partial charge in [-0.1, -0.05) is 11.6 Å². The van der Waals surface area contributed by atoms with Crippen molar-refractivity contribution >= 4 is 29.0 Å². The van der Waals surface area contributed by atoms with Crippen molar-refractivity contribution in [3.63, 3.8) is 0 Å². The van der Waals surface area contributed by atoms with Crippen molar-refractivity contribution in [2.45, 2.75) is 50.0 Å². The molecule has 2 aliphatic rings. The summed E-state index contributed by atoms with van der Waals surface area (Å²) >= 11 is 5.80. The standard InChI is InChI=1S/C16H16ClF4N5O/c1-15(18)3-2-8(5-15)23-14(27)25-7-9(16(19,20)21)13-10(25)6-22-12-4-11(17)24-26(12)13/h4,6,8-9H,2-3,5,7H2,1H3,(H,23,27). The van der Waals surface area contributed by atoms with Crippen LogP contribution < -0.4 is 10.2 Å². The number of nitrogens with one attached hydrogen (secondary N) is 1. The summed E-state index contributed by atoms with van der Waals surface area (Å²) in [5.74, 6) is -1.92. The summed E-state index contributed by atoms with van der Waals surface area (Å²) in [5.41, 5.74) is -1.38. The van der Waals surface area contributed by atoms with E-state index in [-0.39, 0.29) is 28.6 Å². The van der Waals surface area contributed by atoms with Crippen molar-refractivity contribution < 1.29 is 22.4 Å². The highest BCUT2D eigenvalue weighted by Crippen LogP contribution is 2.45. The summed E-state index contributed by atoms with van der Waals surface area (Å²) in [6.45, 7) is 0.856. The van der Waals surface area contributed by atoms with E-state index in [0.717, 1.165) is 9.42 Å². The molecule has 1 saturated carbocycles. The highest BCUT2D eigenvalue weighted by molar-refractivity contribution is 6.29. The normalized spacial score (nSPS) is 28.0. The van der Waals surface area contributed by atoms with E-state index in [2.05, 4.69) is 15.4 Å². The molecule has 4 rings (SSSR count). The van der Waals surface area contributed by atoms with Gasteiger partial charge in [0, 0.05) is 25.1 Å². The van der Waals surface area contributed by atoms with Crippen LogP contribution in [0.25, 0.3) is 5.65 Å². The molecule has 3 unspecified atom stereocenters. The minimum absolute atomic E-state index is 0.00733. The molecule has 11 heteroatoms. The van der Waals surface area contributed by atoms with E-state index in [4.69, 9.17) is 11.6 Å². The first kappa shape index (κ1) is 18.3. The van der Waals surface area contributed by atoms with Crippen molar-refractivity contribution in [2.75, 3.05) is 11.4 Å². The van der Waals surface area contributed by atoms with Crippen LogP contribution in [0.2, 0.25) is 5.15 Å². The Morgan fingerprint density at radius 1 is 1.44 bits per heavy atom. The molecule has 1 aliphatic heterocycles. The minimum Gasteiger partial charge on any atom is -0.335 e. The maximum atomic E-state index is 14.0. The van der Waals surface area contributed by atoms with Gasteiger partial charge in [-0.05, 0) is 19.8 Å². The summed E-state index contributed by atoms with van der Waals surface area (Å²) in [5, 5.41) is 6.52. The fourth-order valence-electron chi connectivity index (χ4n) is 3.84. The number of halogens is 5. The van der Waals surface area contributed by atoms with Crippen molar-refractivity contribution in [3.05, 3.63) is 23.1 Å². The maximum Gasteiger partial charge on any atom is 0.399 e. The molecule has 0 saturated heterocycles. The van der Waals surface area contributed by atoms with Gasteiger partial charge < -0.3 is 5.32 Å². The number of hydrogen-bond donors (Lipinski definition) is 1. The second-order valence-corrected chi connectivity index (χ2v) is 7.66. The molecule has 2 aromatic heterocycles. The first-order valence-electron chi connectivity index (χ1n) is 8.43. The van der Waals surface area contributed by atoms with Gasteiger partial charge in [-0.2, -0.15) is 18.3 Å². The van der Waals surface area contributed by atoms with Crippen LogP contribution in [0.15, 0.2) is 12.3 Å². The van der Waals surface area contributed by atoms with Gasteiger partial charge in [0.25, 0.3) is 0 Å². The molecule has 2 aromatic rings. The lowest BCUT2D eigenvalue weighted by Gasteiger charge is -2.22. The van der Waals surface area contributed by atoms with E-state index in [1.807, 2.05) is 0 Å². The average Bonchev–Trinajstić information content (AvgIpc) is 3.19. The highest BCUT2D eigenvalue weighted by atomic mass is 35.5. The summed E-state index contributed by atoms with van der Waals surface area (Å²) in [6, 6.07) is 0.223. The van der Waals surface area contributed by atoms with Crippen LogP contribution in [0.3, 0.4) is 0 Å². The van der Waals surface area contributed by atoms with Gasteiger partial charge in [0.15, 0.2) is 10.8 Å². The monoisotopic (exact) mass is 405 g/mol. The quantitative estimate of drug-likeness (QED) is 0.733. The number of aromatic nitrogens is 3. The van der Waals surface area contributed by atoms with Crippen molar-refractivity contribution in [1.82, 2.24) is 19.9 Å². The molecule has 6 nitrogen and oxygen atoms in total. The summed E-state index contributed by atoms with van der Waals surface area (Å²) in [6.07, 6.45) is -2.50. The first-order valence-corrected chi connectivity index (χ1v) is 8.81. The fraction of sp³-hybridized carbons (Fsp3) is 0.562. The molecule has 0 spiro atoms. The van der Waals surface area contributed by atoms with Gasteiger partial charge >= 0.3 is 12.2 Å². The largest absolute Gasteiger partial charge is 0.399 e. The predicted octanol–water partition coefficient (Wildman–Crippen LogP) is 3.84. The zero-order valence-electron chi connectivity index (χ0n) is 14.2. The Hall–Kier alpha value is -2.10. The van der Waals surface area contributed by atoms with Gasteiger partial charge in [0.1, 0.15) is 11.6 Å². The Kier molecular flexibility index (Phi) is 4.03. The lowest BCUT2D eigenvalue weighted by molar-refractivity contribution is -0.147. The number of alkyl halides is 4. The number of rotatable bonds is 1. The van der Waals surface area contributed by atoms with Crippen LogP contribution in [-0.4, -0.2) is 45.1 Å². The third-order valence-corrected chi connectivity index (χ3v) is 5.30. The Morgan fingerprint density at radius 2 is 2.19 bits per heavy atom. The van der Waals surface area contributed by atoms with Crippen LogP contribution >= 0.6 is 11.6 Å². The molecule has 146 valence electrons. The smallest absolute Gasteiger partial charge is 0.335 e. The number of urea groups is 1. The van der Waals surface area contributed by atoms with E-state index in [1.54, 1.807) is 0 Å². The Balaban J connectivity index is 1.68. The second kappa shape index (κ2) is 5.95. The predicted molar refractivity (Wildman–Crippen MR) is 89.8 cm³/mol. The molecule has 1 aliphatic carbocycles. The first-order chi connectivity index (χ1) is 12.5. The van der Waals surface area contributed by atoms with Crippen LogP contribution in [-0.2, 0) is 0 Å². The zero-order chi connectivity index (χ0) is 19.6. The summed E-state index contributed by atoms with van der Waals surface area (Å²) in [7, 11) is 0. The van der Waals surface area contributed by atoms with E-state index in [1.165, 1.54) is 19.2 Å². The molecule has 3 heterocycles. The maximum absolute atomic E-state index is 14.0. The average molecular weight is 406 g/mol. The lowest BCUT2D eigenvalue weighted by Crippen LogP contribution is -2.45. The number of amides is 2. The molecular formula is C16H16ClF4N5O. The third kappa shape index (κ3) is 3.19. The molecule has 0 radical (unpaired) electrons. The van der Waals surface area contributed by atoms with E-state index < -0.39 is 36.4 Å². The minimum atomic E-state index is -4.58. The summed E-state index contributed by atoms with van der Waals surface area (Å²) in [4.78, 5) is 17.7. The topological polar surface area (TPSA) is 62.5 Å². The van der Waals surface area contributed by atoms with Crippen LogP contribution in [0.5, 0.6) is 0 Å². The number of nitrogens with zero attached hydrogens (tertiary/aromatic N) is 4. The Bertz CT molecular complexity index is 912. The molecule has 0 aromatic carbocycles. The second-order valence-electron chi connectivity index (χ2n) is 7.27. The van der Waals surface area contributed by atoms with Gasteiger partial charge in [-0.3, -0.25) is 4.90 Å². The van der Waals surface area contributed by atoms with E-state index in [0.29, 0.717) is 12.8 Å². The highest BCUT2D eigenvalue weighted by Gasteiger charge is 2.51. The van der Waals surface area contributed by atoms with Crippen molar-refractivity contribution in [2.24, 2.45) is 0 Å². The molecule has 1 N–H and O–H groups in total. The fourth-order valence-corrected chi connectivity index (χ4v) is 4.01. The molecular weight excluding hydrogens is 390 g/mol. The lowest BCUT2D eigenvalue weighted by atomic mass is 10.1. The van der Waals surface area contributed by atoms with Gasteiger partial charge in [0.2, 0.25) is 0 Å². The molecule has 27 heavy (non-hydrogen) atoms. The van der Waals surface area contributed by atoms with Crippen LogP contribution in [0.1, 0.15) is 37.8 Å². The van der Waals surface area contributed by atoms with Crippen molar-refractivity contribution in [1.29, 1.82) is 0 Å². The van der Waals surface area contributed by atoms with E-state index >= 15 is 0 Å². The van der Waals surface area contributed by atoms with Gasteiger partial charge in [-0.25, -0.2) is 18.7 Å². The Labute approximate surface area is 156 Å². The molecule has 3 atom stereocenters. The third-order valence-electron chi connectivity index (χ3n) is 5.11. The summed E-state index contributed by atoms with van der Waals surface area (Å²) < 4.78 is 55.8. The van der Waals surface area contributed by atoms with Crippen LogP contribution in [0.4, 0.5) is 28.0 Å². The SMILES string of the molecule is CC1(F)CCC(NC(=O)N2CC(C(F)(F)F)c3c2cnc2cc(Cl)nn32)C1. The number of anilines is 1. The number of carbonyl (C=O) groups excluding carboxylic acids is 1. The van der Waals surface area contributed by atoms with Gasteiger partial charge in [0.05, 0.1) is 17.6 Å². The molecule has 2 amide bonds. The van der Waals surface area contributed by atoms with Crippen LogP contribution in [0, 0.1) is 0 Å². The van der Waals surface area contributed by atoms with E-state index in [9.17, 15) is 22.4 Å². The number of hydrogen-bond acceptors (Lipinski definition) is 3. The number of carbonyl (C=O) groups is 1. The number of fused-ring (bicyclic) bond motifs is 3. The zero-order valence-corrected chi connectivity index (χ0v) is 15.0. The van der Waals surface area contributed by atoms with Crippen molar-refractivity contribution in [3.8, 4) is 0 Å². The molecule has 1 fully saturated rings. The Morgan fingerprint density at radius 3 is 2.81 bits per heavy atom. The molecule has 0 bridgehead atoms. The van der Waals surface area contributed by atoms with Gasteiger partial charge in [-0.15, -0.1) is 0 Å².